The van der Waals surface area contributed by atoms with Crippen molar-refractivity contribution in [1.82, 2.24) is 14.9 Å². The second kappa shape index (κ2) is 8.05. The average molecular weight is 427 g/mol. The molecule has 4 rings (SSSR count). The number of methoxy groups -OCH3 is 1. The van der Waals surface area contributed by atoms with Crippen LogP contribution in [0.4, 0.5) is 5.69 Å². The quantitative estimate of drug-likeness (QED) is 0.560. The molecule has 0 bridgehead atoms. The number of anilines is 1. The van der Waals surface area contributed by atoms with Gasteiger partial charge in [-0.05, 0) is 68.5 Å². The summed E-state index contributed by atoms with van der Waals surface area (Å²) in [5, 5.41) is 4.67. The van der Waals surface area contributed by atoms with E-state index in [1.807, 2.05) is 42.6 Å². The predicted octanol–water partition coefficient (Wildman–Crippen LogP) is 5.30. The van der Waals surface area contributed by atoms with Gasteiger partial charge < -0.3 is 19.5 Å². The lowest BCUT2D eigenvalue weighted by molar-refractivity contribution is 0.415. The number of aromatic nitrogens is 2. The molecule has 0 saturated carbocycles. The maximum absolute atomic E-state index is 6.43. The van der Waals surface area contributed by atoms with Crippen molar-refractivity contribution < 1.29 is 4.74 Å². The van der Waals surface area contributed by atoms with Crippen LogP contribution in [0, 0.1) is 0 Å². The van der Waals surface area contributed by atoms with Crippen LogP contribution in [-0.4, -0.2) is 21.8 Å². The van der Waals surface area contributed by atoms with Gasteiger partial charge in [0.15, 0.2) is 5.11 Å². The summed E-state index contributed by atoms with van der Waals surface area (Å²) in [7, 11) is 1.61. The number of ether oxygens (including phenoxy) is 1. The van der Waals surface area contributed by atoms with E-state index in [1.165, 1.54) is 0 Å². The van der Waals surface area contributed by atoms with Gasteiger partial charge in [-0.25, -0.2) is 0 Å². The molecule has 1 aliphatic heterocycles. The zero-order chi connectivity index (χ0) is 20.5. The predicted molar refractivity (Wildman–Crippen MR) is 121 cm³/mol. The summed E-state index contributed by atoms with van der Waals surface area (Å²) in [5.74, 6) is 0.636. The van der Waals surface area contributed by atoms with Gasteiger partial charge >= 0.3 is 0 Å². The molecule has 5 nitrogen and oxygen atoms in total. The molecule has 1 aliphatic rings. The molecule has 2 unspecified atom stereocenters. The van der Waals surface area contributed by atoms with Crippen LogP contribution in [0.25, 0.3) is 0 Å². The van der Waals surface area contributed by atoms with Gasteiger partial charge in [0.1, 0.15) is 11.8 Å². The molecule has 1 N–H and O–H groups in total. The highest BCUT2D eigenvalue weighted by atomic mass is 35.5. The van der Waals surface area contributed by atoms with Crippen molar-refractivity contribution in [3.63, 3.8) is 0 Å². The Balaban J connectivity index is 1.85. The van der Waals surface area contributed by atoms with Gasteiger partial charge in [-0.15, -0.1) is 0 Å². The highest BCUT2D eigenvalue weighted by Gasteiger charge is 2.42. The molecule has 3 heterocycles. The molecule has 0 amide bonds. The van der Waals surface area contributed by atoms with Gasteiger partial charge in [-0.3, -0.25) is 4.98 Å². The van der Waals surface area contributed by atoms with Crippen molar-refractivity contribution in [2.75, 3.05) is 12.0 Å². The fraction of sp³-hybridized carbons (Fsp3) is 0.273. The topological polar surface area (TPSA) is 42.3 Å². The Labute approximate surface area is 181 Å². The smallest absolute Gasteiger partial charge is 0.174 e. The lowest BCUT2D eigenvalue weighted by Crippen LogP contribution is -2.30. The molecule has 1 fully saturated rings. The van der Waals surface area contributed by atoms with E-state index >= 15 is 0 Å². The van der Waals surface area contributed by atoms with Gasteiger partial charge in [-0.1, -0.05) is 17.7 Å². The number of nitrogens with one attached hydrogen (secondary N) is 1. The molecular formula is C22H23ClN4OS. The number of hydrogen-bond donors (Lipinski definition) is 1. The average Bonchev–Trinajstić information content (AvgIpc) is 3.33. The Bertz CT molecular complexity index is 1020. The van der Waals surface area contributed by atoms with Crippen LogP contribution in [0.5, 0.6) is 5.75 Å². The number of benzene rings is 1. The highest BCUT2D eigenvalue weighted by Crippen LogP contribution is 2.43. The van der Waals surface area contributed by atoms with Crippen LogP contribution in [0.1, 0.15) is 43.4 Å². The fourth-order valence-corrected chi connectivity index (χ4v) is 4.46. The molecule has 1 aromatic carbocycles. The first kappa shape index (κ1) is 19.7. The summed E-state index contributed by atoms with van der Waals surface area (Å²) >= 11 is 12.2. The zero-order valence-electron chi connectivity index (χ0n) is 16.5. The minimum Gasteiger partial charge on any atom is -0.495 e. The first-order valence-electron chi connectivity index (χ1n) is 9.52. The molecule has 0 spiro atoms. The summed E-state index contributed by atoms with van der Waals surface area (Å²) in [5.41, 5.74) is 3.02. The summed E-state index contributed by atoms with van der Waals surface area (Å²) in [6.07, 6.45) is 3.92. The first-order chi connectivity index (χ1) is 14.0. The molecule has 1 saturated heterocycles. The second-order valence-corrected chi connectivity index (χ2v) is 8.04. The van der Waals surface area contributed by atoms with E-state index < -0.39 is 0 Å². The summed E-state index contributed by atoms with van der Waals surface area (Å²) in [6, 6.07) is 16.1. The fourth-order valence-electron chi connectivity index (χ4n) is 3.87. The third-order valence-corrected chi connectivity index (χ3v) is 5.79. The van der Waals surface area contributed by atoms with Crippen molar-refractivity contribution in [2.45, 2.75) is 32.0 Å². The van der Waals surface area contributed by atoms with Gasteiger partial charge in [-0.2, -0.15) is 0 Å². The molecule has 3 aromatic rings. The van der Waals surface area contributed by atoms with E-state index in [0.29, 0.717) is 21.9 Å². The standard InChI is InChI=1S/C22H23ClN4OS/c1-14(2)26-12-6-8-18(26)21-20(17-7-4-5-11-24-17)25-22(29)27(21)15-9-10-19(28-3)16(23)13-15/h4-14,20-21H,1-3H3,(H,25,29). The number of thiocarbonyl (C=S) groups is 1. The second-order valence-electron chi connectivity index (χ2n) is 7.25. The van der Waals surface area contributed by atoms with Crippen molar-refractivity contribution in [3.8, 4) is 5.75 Å². The lowest BCUT2D eigenvalue weighted by atomic mass is 10.0. The third-order valence-electron chi connectivity index (χ3n) is 5.18. The number of rotatable bonds is 5. The molecule has 0 radical (unpaired) electrons. The van der Waals surface area contributed by atoms with E-state index in [4.69, 9.17) is 28.6 Å². The van der Waals surface area contributed by atoms with Gasteiger partial charge in [0.05, 0.1) is 23.9 Å². The Hall–Kier alpha value is -2.57. The first-order valence-corrected chi connectivity index (χ1v) is 10.3. The molecular weight excluding hydrogens is 404 g/mol. The van der Waals surface area contributed by atoms with Crippen LogP contribution >= 0.6 is 23.8 Å². The van der Waals surface area contributed by atoms with Gasteiger partial charge in [0.25, 0.3) is 0 Å². The van der Waals surface area contributed by atoms with E-state index in [1.54, 1.807) is 7.11 Å². The van der Waals surface area contributed by atoms with Crippen molar-refractivity contribution >= 4 is 34.6 Å². The molecule has 0 aliphatic carbocycles. The van der Waals surface area contributed by atoms with Crippen LogP contribution in [0.3, 0.4) is 0 Å². The lowest BCUT2D eigenvalue weighted by Gasteiger charge is -2.30. The number of hydrogen-bond acceptors (Lipinski definition) is 3. The van der Waals surface area contributed by atoms with E-state index in [0.717, 1.165) is 17.1 Å². The number of halogens is 1. The third kappa shape index (κ3) is 3.58. The summed E-state index contributed by atoms with van der Waals surface area (Å²) < 4.78 is 7.59. The minimum atomic E-state index is -0.0861. The maximum Gasteiger partial charge on any atom is 0.174 e. The SMILES string of the molecule is COc1ccc(N2C(=S)NC(c3ccccn3)C2c2cccn2C(C)C)cc1Cl. The van der Waals surface area contributed by atoms with Crippen LogP contribution < -0.4 is 15.0 Å². The molecule has 7 heteroatoms. The van der Waals surface area contributed by atoms with Crippen LogP contribution in [0.2, 0.25) is 5.02 Å². The summed E-state index contributed by atoms with van der Waals surface area (Å²) in [6.45, 7) is 4.35. The minimum absolute atomic E-state index is 0.0701. The van der Waals surface area contributed by atoms with E-state index in [9.17, 15) is 0 Å². The largest absolute Gasteiger partial charge is 0.495 e. The Morgan fingerprint density at radius 3 is 2.66 bits per heavy atom. The Kier molecular flexibility index (Phi) is 5.48. The number of nitrogens with zero attached hydrogens (tertiary/aromatic N) is 3. The highest BCUT2D eigenvalue weighted by molar-refractivity contribution is 7.80. The summed E-state index contributed by atoms with van der Waals surface area (Å²) in [4.78, 5) is 6.72. The van der Waals surface area contributed by atoms with Gasteiger partial charge in [0, 0.05) is 29.8 Å². The van der Waals surface area contributed by atoms with Gasteiger partial charge in [0.2, 0.25) is 0 Å². The number of pyridine rings is 1. The Morgan fingerprint density at radius 2 is 2.00 bits per heavy atom. The zero-order valence-corrected chi connectivity index (χ0v) is 18.1. The normalized spacial score (nSPS) is 18.9. The van der Waals surface area contributed by atoms with Crippen molar-refractivity contribution in [1.29, 1.82) is 0 Å². The maximum atomic E-state index is 6.43. The monoisotopic (exact) mass is 426 g/mol. The van der Waals surface area contributed by atoms with Crippen LogP contribution in [0.15, 0.2) is 60.9 Å². The van der Waals surface area contributed by atoms with Crippen molar-refractivity contribution in [2.24, 2.45) is 0 Å². The van der Waals surface area contributed by atoms with E-state index in [-0.39, 0.29) is 12.1 Å². The molecule has 2 aromatic heterocycles. The molecule has 29 heavy (non-hydrogen) atoms. The Morgan fingerprint density at radius 1 is 1.17 bits per heavy atom. The molecule has 150 valence electrons. The van der Waals surface area contributed by atoms with E-state index in [2.05, 4.69) is 51.9 Å². The molecule has 2 atom stereocenters. The van der Waals surface area contributed by atoms with Crippen molar-refractivity contribution in [3.05, 3.63) is 77.3 Å². The van der Waals surface area contributed by atoms with Crippen LogP contribution in [-0.2, 0) is 0 Å².